The molecule has 0 saturated heterocycles. The highest BCUT2D eigenvalue weighted by Crippen LogP contribution is 2.34. The summed E-state index contributed by atoms with van der Waals surface area (Å²) in [5, 5.41) is 0. The number of hydrogen-bond acceptors (Lipinski definition) is 0. The number of rotatable bonds is 3. The molecular weight excluding hydrogens is 364 g/mol. The number of halogens is 2. The Morgan fingerprint density at radius 1 is 0.895 bits per heavy atom. The summed E-state index contributed by atoms with van der Waals surface area (Å²) >= 11 is 7.33. The summed E-state index contributed by atoms with van der Waals surface area (Å²) in [5.74, 6) is 0.581. The summed E-state index contributed by atoms with van der Waals surface area (Å²) in [4.78, 5) is 0.252. The lowest BCUT2D eigenvalue weighted by Gasteiger charge is -2.15. The van der Waals surface area contributed by atoms with Crippen molar-refractivity contribution in [2.24, 2.45) is 0 Å². The van der Waals surface area contributed by atoms with Crippen LogP contribution in [0.5, 0.6) is 0 Å². The van der Waals surface area contributed by atoms with Gasteiger partial charge in [0.05, 0.1) is 4.83 Å². The molecule has 0 aromatic heterocycles. The molecule has 2 aromatic rings. The standard InChI is InChI=1S/C17H18Br2/c1-11(2)13-4-6-14(7-5-13)17(19)16-9-8-15(18)10-12(16)3/h4-11,17H,1-3H3. The fourth-order valence-corrected chi connectivity index (χ4v) is 3.45. The van der Waals surface area contributed by atoms with Gasteiger partial charge in [-0.15, -0.1) is 0 Å². The van der Waals surface area contributed by atoms with Gasteiger partial charge in [-0.05, 0) is 47.2 Å². The lowest BCUT2D eigenvalue weighted by molar-refractivity contribution is 0.865. The first kappa shape index (κ1) is 14.8. The molecule has 0 aliphatic heterocycles. The molecule has 1 atom stereocenters. The van der Waals surface area contributed by atoms with Gasteiger partial charge in [-0.25, -0.2) is 0 Å². The van der Waals surface area contributed by atoms with E-state index >= 15 is 0 Å². The van der Waals surface area contributed by atoms with Crippen LogP contribution in [0.1, 0.15) is 46.8 Å². The zero-order valence-corrected chi connectivity index (χ0v) is 14.6. The minimum atomic E-state index is 0.252. The Morgan fingerprint density at radius 3 is 2.00 bits per heavy atom. The van der Waals surface area contributed by atoms with Gasteiger partial charge < -0.3 is 0 Å². The summed E-state index contributed by atoms with van der Waals surface area (Å²) in [6, 6.07) is 15.3. The lowest BCUT2D eigenvalue weighted by atomic mass is 9.97. The fourth-order valence-electron chi connectivity index (χ4n) is 2.15. The van der Waals surface area contributed by atoms with Crippen LogP contribution in [0, 0.1) is 6.92 Å². The monoisotopic (exact) mass is 380 g/mol. The van der Waals surface area contributed by atoms with Crippen molar-refractivity contribution < 1.29 is 0 Å². The van der Waals surface area contributed by atoms with Crippen molar-refractivity contribution in [3.05, 3.63) is 69.2 Å². The van der Waals surface area contributed by atoms with Gasteiger partial charge in [-0.2, -0.15) is 0 Å². The van der Waals surface area contributed by atoms with Crippen molar-refractivity contribution in [3.8, 4) is 0 Å². The van der Waals surface area contributed by atoms with E-state index in [-0.39, 0.29) is 4.83 Å². The van der Waals surface area contributed by atoms with Gasteiger partial charge in [0.15, 0.2) is 0 Å². The van der Waals surface area contributed by atoms with Crippen molar-refractivity contribution in [1.82, 2.24) is 0 Å². The molecule has 0 fully saturated rings. The summed E-state index contributed by atoms with van der Waals surface area (Å²) in [6.07, 6.45) is 0. The highest BCUT2D eigenvalue weighted by molar-refractivity contribution is 9.10. The predicted molar refractivity (Wildman–Crippen MR) is 90.2 cm³/mol. The highest BCUT2D eigenvalue weighted by atomic mass is 79.9. The summed E-state index contributed by atoms with van der Waals surface area (Å²) in [7, 11) is 0. The second-order valence-electron chi connectivity index (χ2n) is 5.18. The first-order valence-electron chi connectivity index (χ1n) is 6.49. The average Bonchev–Trinajstić information content (AvgIpc) is 2.38. The van der Waals surface area contributed by atoms with Gasteiger partial charge >= 0.3 is 0 Å². The van der Waals surface area contributed by atoms with Crippen LogP contribution < -0.4 is 0 Å². The SMILES string of the molecule is Cc1cc(Br)ccc1C(Br)c1ccc(C(C)C)cc1. The van der Waals surface area contributed by atoms with Crippen molar-refractivity contribution in [2.45, 2.75) is 31.5 Å². The molecular formula is C17H18Br2. The molecule has 0 bridgehead atoms. The van der Waals surface area contributed by atoms with E-state index in [1.165, 1.54) is 22.3 Å². The molecule has 0 saturated carbocycles. The Hall–Kier alpha value is -0.600. The van der Waals surface area contributed by atoms with E-state index in [0.717, 1.165) is 4.47 Å². The van der Waals surface area contributed by atoms with Crippen molar-refractivity contribution in [2.75, 3.05) is 0 Å². The molecule has 0 radical (unpaired) electrons. The van der Waals surface area contributed by atoms with Crippen LogP contribution in [0.3, 0.4) is 0 Å². The average molecular weight is 382 g/mol. The molecule has 100 valence electrons. The third kappa shape index (κ3) is 3.49. The number of hydrogen-bond donors (Lipinski definition) is 0. The topological polar surface area (TPSA) is 0 Å². The number of benzene rings is 2. The maximum Gasteiger partial charge on any atom is 0.0647 e. The predicted octanol–water partition coefficient (Wildman–Crippen LogP) is 6.37. The van der Waals surface area contributed by atoms with Gasteiger partial charge in [0.2, 0.25) is 0 Å². The molecule has 0 aliphatic carbocycles. The molecule has 2 aromatic carbocycles. The zero-order valence-electron chi connectivity index (χ0n) is 11.5. The van der Waals surface area contributed by atoms with Crippen LogP contribution >= 0.6 is 31.9 Å². The smallest absolute Gasteiger partial charge is 0.0647 e. The number of aryl methyl sites for hydroxylation is 1. The Labute approximate surface area is 132 Å². The van der Waals surface area contributed by atoms with Crippen LogP contribution in [0.15, 0.2) is 46.9 Å². The van der Waals surface area contributed by atoms with Crippen LogP contribution in [0.25, 0.3) is 0 Å². The maximum atomic E-state index is 3.82. The van der Waals surface area contributed by atoms with E-state index in [4.69, 9.17) is 0 Å². The van der Waals surface area contributed by atoms with E-state index in [9.17, 15) is 0 Å². The van der Waals surface area contributed by atoms with Gasteiger partial charge in [-0.1, -0.05) is 76.0 Å². The summed E-state index contributed by atoms with van der Waals surface area (Å²) in [6.45, 7) is 6.59. The molecule has 19 heavy (non-hydrogen) atoms. The van der Waals surface area contributed by atoms with Gasteiger partial charge in [0, 0.05) is 4.47 Å². The molecule has 2 rings (SSSR count). The summed E-state index contributed by atoms with van der Waals surface area (Å²) < 4.78 is 1.13. The maximum absolute atomic E-state index is 3.82. The Balaban J connectivity index is 2.30. The normalized spacial score (nSPS) is 12.7. The quantitative estimate of drug-likeness (QED) is 0.542. The molecule has 0 amide bonds. The third-order valence-corrected chi connectivity index (χ3v) is 4.92. The minimum Gasteiger partial charge on any atom is -0.0786 e. The molecule has 0 N–H and O–H groups in total. The van der Waals surface area contributed by atoms with Crippen LogP contribution in [-0.4, -0.2) is 0 Å². The van der Waals surface area contributed by atoms with E-state index in [1.54, 1.807) is 0 Å². The molecule has 2 heteroatoms. The minimum absolute atomic E-state index is 0.252. The molecule has 1 unspecified atom stereocenters. The Morgan fingerprint density at radius 2 is 1.47 bits per heavy atom. The van der Waals surface area contributed by atoms with Crippen LogP contribution in [-0.2, 0) is 0 Å². The van der Waals surface area contributed by atoms with Gasteiger partial charge in [0.1, 0.15) is 0 Å². The largest absolute Gasteiger partial charge is 0.0786 e. The van der Waals surface area contributed by atoms with E-state index in [1.807, 2.05) is 0 Å². The van der Waals surface area contributed by atoms with Crippen molar-refractivity contribution in [1.29, 1.82) is 0 Å². The molecule has 0 heterocycles. The van der Waals surface area contributed by atoms with Crippen LogP contribution in [0.4, 0.5) is 0 Å². The fraction of sp³-hybridized carbons (Fsp3) is 0.294. The second kappa shape index (κ2) is 6.23. The third-order valence-electron chi connectivity index (χ3n) is 3.40. The van der Waals surface area contributed by atoms with Gasteiger partial charge in [0.25, 0.3) is 0 Å². The molecule has 0 nitrogen and oxygen atoms in total. The van der Waals surface area contributed by atoms with Crippen molar-refractivity contribution in [3.63, 3.8) is 0 Å². The first-order valence-corrected chi connectivity index (χ1v) is 8.20. The van der Waals surface area contributed by atoms with Crippen molar-refractivity contribution >= 4 is 31.9 Å². The van der Waals surface area contributed by atoms with E-state index < -0.39 is 0 Å². The van der Waals surface area contributed by atoms with Crippen LogP contribution in [0.2, 0.25) is 0 Å². The highest BCUT2D eigenvalue weighted by Gasteiger charge is 2.13. The van der Waals surface area contributed by atoms with Gasteiger partial charge in [-0.3, -0.25) is 0 Å². The Kier molecular flexibility index (Phi) is 4.86. The lowest BCUT2D eigenvalue weighted by Crippen LogP contribution is -1.97. The molecule has 0 aliphatic rings. The molecule has 0 spiro atoms. The Bertz CT molecular complexity index is 556. The zero-order chi connectivity index (χ0) is 14.0. The number of alkyl halides is 1. The van der Waals surface area contributed by atoms with E-state index in [2.05, 4.69) is 95.1 Å². The van der Waals surface area contributed by atoms with E-state index in [0.29, 0.717) is 5.92 Å². The summed E-state index contributed by atoms with van der Waals surface area (Å²) in [5.41, 5.74) is 5.30. The first-order chi connectivity index (χ1) is 8.99. The second-order valence-corrected chi connectivity index (χ2v) is 7.02.